The standard InChI is InChI=1S/C13H14F3NO/c1-8-4-2-5-9-10(6-3-7-18)12(13(14,15)16)17-11(8)9/h2,4-5,17-18H,3,6-7H2,1H3. The summed E-state index contributed by atoms with van der Waals surface area (Å²) >= 11 is 0. The van der Waals surface area contributed by atoms with Crippen LogP contribution >= 0.6 is 0 Å². The summed E-state index contributed by atoms with van der Waals surface area (Å²) in [6.07, 6.45) is -3.85. The van der Waals surface area contributed by atoms with E-state index in [4.69, 9.17) is 5.11 Å². The lowest BCUT2D eigenvalue weighted by atomic mass is 10.0. The molecule has 5 heteroatoms. The van der Waals surface area contributed by atoms with Gasteiger partial charge >= 0.3 is 6.18 Å². The van der Waals surface area contributed by atoms with E-state index in [9.17, 15) is 13.2 Å². The van der Waals surface area contributed by atoms with E-state index in [2.05, 4.69) is 4.98 Å². The molecule has 2 aromatic rings. The summed E-state index contributed by atoms with van der Waals surface area (Å²) in [5.74, 6) is 0. The first-order chi connectivity index (χ1) is 8.45. The second kappa shape index (κ2) is 4.65. The Kier molecular flexibility index (Phi) is 3.34. The molecule has 0 unspecified atom stereocenters. The maximum Gasteiger partial charge on any atom is 0.431 e. The summed E-state index contributed by atoms with van der Waals surface area (Å²) in [5.41, 5.74) is 0.863. The molecule has 1 heterocycles. The smallest absolute Gasteiger partial charge is 0.396 e. The van der Waals surface area contributed by atoms with Gasteiger partial charge in [-0.05, 0) is 30.9 Å². The Balaban J connectivity index is 2.65. The number of para-hydroxylation sites is 1. The predicted molar refractivity (Wildman–Crippen MR) is 63.4 cm³/mol. The maximum atomic E-state index is 13.0. The van der Waals surface area contributed by atoms with E-state index in [-0.39, 0.29) is 18.6 Å². The number of hydrogen-bond acceptors (Lipinski definition) is 1. The Bertz CT molecular complexity index is 557. The number of aryl methyl sites for hydroxylation is 2. The van der Waals surface area contributed by atoms with Crippen LogP contribution in [0.15, 0.2) is 18.2 Å². The molecule has 0 radical (unpaired) electrons. The molecule has 0 saturated heterocycles. The quantitative estimate of drug-likeness (QED) is 0.868. The molecular formula is C13H14F3NO. The Morgan fingerprint density at radius 3 is 2.61 bits per heavy atom. The fraction of sp³-hybridized carbons (Fsp3) is 0.385. The molecule has 2 N–H and O–H groups in total. The highest BCUT2D eigenvalue weighted by Crippen LogP contribution is 2.36. The zero-order valence-corrected chi connectivity index (χ0v) is 9.93. The molecule has 0 fully saturated rings. The van der Waals surface area contributed by atoms with Crippen LogP contribution in [0, 0.1) is 6.92 Å². The van der Waals surface area contributed by atoms with Gasteiger partial charge in [-0.25, -0.2) is 0 Å². The third-order valence-corrected chi connectivity index (χ3v) is 3.02. The average molecular weight is 257 g/mol. The highest BCUT2D eigenvalue weighted by Gasteiger charge is 2.36. The molecule has 0 atom stereocenters. The Morgan fingerprint density at radius 1 is 1.28 bits per heavy atom. The third kappa shape index (κ3) is 2.22. The number of fused-ring (bicyclic) bond motifs is 1. The first-order valence-electron chi connectivity index (χ1n) is 5.73. The Morgan fingerprint density at radius 2 is 2.00 bits per heavy atom. The molecule has 0 aliphatic carbocycles. The average Bonchev–Trinajstić information content (AvgIpc) is 2.66. The summed E-state index contributed by atoms with van der Waals surface area (Å²) in [6, 6.07) is 5.20. The van der Waals surface area contributed by atoms with Crippen LogP contribution in [0.3, 0.4) is 0 Å². The SMILES string of the molecule is Cc1cccc2c(CCCO)c(C(F)(F)F)[nH]c12. The summed E-state index contributed by atoms with van der Waals surface area (Å²) in [6.45, 7) is 1.66. The number of benzene rings is 1. The van der Waals surface area contributed by atoms with Gasteiger partial charge in [-0.3, -0.25) is 0 Å². The second-order valence-electron chi connectivity index (χ2n) is 4.30. The molecule has 0 aliphatic rings. The minimum atomic E-state index is -4.39. The molecular weight excluding hydrogens is 243 g/mol. The van der Waals surface area contributed by atoms with Gasteiger partial charge in [0.05, 0.1) is 0 Å². The molecule has 2 nitrogen and oxygen atoms in total. The van der Waals surface area contributed by atoms with Gasteiger partial charge in [0.15, 0.2) is 0 Å². The van der Waals surface area contributed by atoms with E-state index >= 15 is 0 Å². The van der Waals surface area contributed by atoms with Gasteiger partial charge < -0.3 is 10.1 Å². The van der Waals surface area contributed by atoms with E-state index < -0.39 is 11.9 Å². The first kappa shape index (κ1) is 13.0. The summed E-state index contributed by atoms with van der Waals surface area (Å²) in [4.78, 5) is 2.47. The molecule has 1 aromatic heterocycles. The zero-order valence-electron chi connectivity index (χ0n) is 9.93. The number of aliphatic hydroxyl groups excluding tert-OH is 1. The number of hydrogen-bond donors (Lipinski definition) is 2. The van der Waals surface area contributed by atoms with Gasteiger partial charge in [0.2, 0.25) is 0 Å². The number of rotatable bonds is 3. The topological polar surface area (TPSA) is 36.0 Å². The van der Waals surface area contributed by atoms with Crippen molar-refractivity contribution < 1.29 is 18.3 Å². The summed E-state index contributed by atoms with van der Waals surface area (Å²) in [7, 11) is 0. The molecule has 0 amide bonds. The number of aromatic amines is 1. The lowest BCUT2D eigenvalue weighted by molar-refractivity contribution is -0.141. The van der Waals surface area contributed by atoms with Crippen LogP contribution in [-0.2, 0) is 12.6 Å². The van der Waals surface area contributed by atoms with Crippen LogP contribution in [0.2, 0.25) is 0 Å². The monoisotopic (exact) mass is 257 g/mol. The van der Waals surface area contributed by atoms with Gasteiger partial charge in [-0.1, -0.05) is 18.2 Å². The lowest BCUT2D eigenvalue weighted by Gasteiger charge is -2.07. The normalized spacial score (nSPS) is 12.3. The van der Waals surface area contributed by atoms with E-state index in [0.29, 0.717) is 17.3 Å². The van der Waals surface area contributed by atoms with Crippen molar-refractivity contribution in [1.29, 1.82) is 0 Å². The highest BCUT2D eigenvalue weighted by molar-refractivity contribution is 5.87. The van der Waals surface area contributed by atoms with Crippen molar-refractivity contribution in [3.63, 3.8) is 0 Å². The molecule has 0 aliphatic heterocycles. The van der Waals surface area contributed by atoms with Crippen LogP contribution in [0.4, 0.5) is 13.2 Å². The molecule has 2 rings (SSSR count). The van der Waals surface area contributed by atoms with Crippen molar-refractivity contribution in [3.05, 3.63) is 35.0 Å². The van der Waals surface area contributed by atoms with Crippen LogP contribution in [-0.4, -0.2) is 16.7 Å². The fourth-order valence-electron chi connectivity index (χ4n) is 2.18. The van der Waals surface area contributed by atoms with Crippen molar-refractivity contribution >= 4 is 10.9 Å². The van der Waals surface area contributed by atoms with Crippen molar-refractivity contribution in [2.45, 2.75) is 25.9 Å². The molecule has 0 spiro atoms. The van der Waals surface area contributed by atoms with Gasteiger partial charge in [0.1, 0.15) is 5.69 Å². The number of alkyl halides is 3. The third-order valence-electron chi connectivity index (χ3n) is 3.02. The van der Waals surface area contributed by atoms with Gasteiger partial charge in [0.25, 0.3) is 0 Å². The van der Waals surface area contributed by atoms with Gasteiger partial charge in [-0.2, -0.15) is 13.2 Å². The molecule has 0 bridgehead atoms. The van der Waals surface area contributed by atoms with E-state index in [0.717, 1.165) is 5.56 Å². The molecule has 98 valence electrons. The van der Waals surface area contributed by atoms with Crippen LogP contribution in [0.5, 0.6) is 0 Å². The summed E-state index contributed by atoms with van der Waals surface area (Å²) < 4.78 is 38.9. The van der Waals surface area contributed by atoms with E-state index in [1.54, 1.807) is 25.1 Å². The predicted octanol–water partition coefficient (Wildman–Crippen LogP) is 3.42. The van der Waals surface area contributed by atoms with Crippen molar-refractivity contribution in [2.24, 2.45) is 0 Å². The maximum absolute atomic E-state index is 13.0. The minimum Gasteiger partial charge on any atom is -0.396 e. The number of nitrogens with one attached hydrogen (secondary N) is 1. The van der Waals surface area contributed by atoms with Gasteiger partial charge in [0, 0.05) is 17.5 Å². The van der Waals surface area contributed by atoms with Crippen LogP contribution in [0.25, 0.3) is 10.9 Å². The summed E-state index contributed by atoms with van der Waals surface area (Å²) in [5, 5.41) is 9.39. The second-order valence-corrected chi connectivity index (χ2v) is 4.30. The number of aliphatic hydroxyl groups is 1. The number of aromatic nitrogens is 1. The Labute approximate surface area is 102 Å². The zero-order chi connectivity index (χ0) is 13.3. The van der Waals surface area contributed by atoms with Crippen molar-refractivity contribution in [3.8, 4) is 0 Å². The first-order valence-corrected chi connectivity index (χ1v) is 5.73. The fourth-order valence-corrected chi connectivity index (χ4v) is 2.18. The molecule has 1 aromatic carbocycles. The van der Waals surface area contributed by atoms with Crippen molar-refractivity contribution in [2.75, 3.05) is 6.61 Å². The van der Waals surface area contributed by atoms with Crippen LogP contribution < -0.4 is 0 Å². The minimum absolute atomic E-state index is 0.115. The van der Waals surface area contributed by atoms with Gasteiger partial charge in [-0.15, -0.1) is 0 Å². The molecule has 0 saturated carbocycles. The van der Waals surface area contributed by atoms with E-state index in [1.807, 2.05) is 0 Å². The van der Waals surface area contributed by atoms with E-state index in [1.165, 1.54) is 0 Å². The number of halogens is 3. The number of H-pyrrole nitrogens is 1. The molecule has 18 heavy (non-hydrogen) atoms. The van der Waals surface area contributed by atoms with Crippen LogP contribution in [0.1, 0.15) is 23.2 Å². The highest BCUT2D eigenvalue weighted by atomic mass is 19.4. The largest absolute Gasteiger partial charge is 0.431 e. The van der Waals surface area contributed by atoms with Crippen molar-refractivity contribution in [1.82, 2.24) is 4.98 Å². The Hall–Kier alpha value is -1.49. The lowest BCUT2D eigenvalue weighted by Crippen LogP contribution is -2.09.